The van der Waals surface area contributed by atoms with Crippen molar-refractivity contribution >= 4 is 23.1 Å². The molecular weight excluding hydrogens is 348 g/mol. The summed E-state index contributed by atoms with van der Waals surface area (Å²) in [5, 5.41) is 9.69. The van der Waals surface area contributed by atoms with E-state index in [1.807, 2.05) is 56.3 Å². The average Bonchev–Trinajstić information content (AvgIpc) is 2.86. The van der Waals surface area contributed by atoms with Crippen LogP contribution in [0.5, 0.6) is 11.5 Å². The second kappa shape index (κ2) is 8.11. The van der Waals surface area contributed by atoms with Crippen molar-refractivity contribution in [3.63, 3.8) is 0 Å². The maximum Gasteiger partial charge on any atom is 0.179 e. The Kier molecular flexibility index (Phi) is 5.65. The Morgan fingerprint density at radius 2 is 1.77 bits per heavy atom. The summed E-state index contributed by atoms with van der Waals surface area (Å²) < 4.78 is 6.06. The molecule has 0 aliphatic carbocycles. The fourth-order valence-electron chi connectivity index (χ4n) is 2.95. The number of benzene rings is 2. The van der Waals surface area contributed by atoms with Gasteiger partial charge in [0.15, 0.2) is 11.9 Å². The summed E-state index contributed by atoms with van der Waals surface area (Å²) in [6, 6.07) is 13.3. The Balaban J connectivity index is 0.000000948. The zero-order valence-corrected chi connectivity index (χ0v) is 15.7. The highest BCUT2D eigenvalue weighted by Crippen LogP contribution is 2.38. The number of rotatable bonds is 0. The molecule has 2 heterocycles. The molecule has 0 amide bonds. The van der Waals surface area contributed by atoms with E-state index >= 15 is 0 Å². The normalized spacial score (nSPS) is 15.2. The van der Waals surface area contributed by atoms with Gasteiger partial charge in [0.05, 0.1) is 5.56 Å². The molecule has 5 nitrogen and oxygen atoms in total. The number of nitriles is 1. The van der Waals surface area contributed by atoms with E-state index in [0.717, 1.165) is 41.7 Å². The maximum absolute atomic E-state index is 9.05. The van der Waals surface area contributed by atoms with E-state index in [4.69, 9.17) is 26.6 Å². The summed E-state index contributed by atoms with van der Waals surface area (Å²) in [7, 11) is 0. The summed E-state index contributed by atoms with van der Waals surface area (Å²) in [6.07, 6.45) is 2.20. The molecule has 6 heteroatoms. The van der Waals surface area contributed by atoms with Crippen LogP contribution in [0.25, 0.3) is 0 Å². The lowest BCUT2D eigenvalue weighted by molar-refractivity contribution is 0.246. The molecule has 2 aliphatic rings. The standard InChI is InChI=1S/C18H15ClN4O.C2H6/c19-13-5-6-16-14(11-13)18(23-9-7-22(12-20)8-10-23)21-15-3-1-2-4-17(15)24-16;1-2/h1-6,11H,7-10H2;1-2H3. The van der Waals surface area contributed by atoms with Crippen LogP contribution >= 0.6 is 11.6 Å². The quantitative estimate of drug-likeness (QED) is 0.635. The van der Waals surface area contributed by atoms with Crippen LogP contribution in [0.2, 0.25) is 5.02 Å². The number of nitrogens with zero attached hydrogens (tertiary/aromatic N) is 4. The van der Waals surface area contributed by atoms with E-state index in [1.54, 1.807) is 4.90 Å². The number of hydrogen-bond acceptors (Lipinski definition) is 5. The fourth-order valence-corrected chi connectivity index (χ4v) is 3.13. The Hall–Kier alpha value is -2.71. The van der Waals surface area contributed by atoms with Crippen molar-refractivity contribution in [2.75, 3.05) is 26.2 Å². The molecule has 0 spiro atoms. The summed E-state index contributed by atoms with van der Waals surface area (Å²) >= 11 is 6.21. The topological polar surface area (TPSA) is 51.9 Å². The summed E-state index contributed by atoms with van der Waals surface area (Å²) in [4.78, 5) is 8.80. The lowest BCUT2D eigenvalue weighted by Crippen LogP contribution is -2.47. The van der Waals surface area contributed by atoms with Gasteiger partial charge < -0.3 is 14.5 Å². The number of fused-ring (bicyclic) bond motifs is 2. The number of ether oxygens (including phenoxy) is 1. The van der Waals surface area contributed by atoms with Gasteiger partial charge in [-0.15, -0.1) is 0 Å². The largest absolute Gasteiger partial charge is 0.454 e. The van der Waals surface area contributed by atoms with Gasteiger partial charge in [0.1, 0.15) is 17.3 Å². The lowest BCUT2D eigenvalue weighted by atomic mass is 10.1. The highest BCUT2D eigenvalue weighted by atomic mass is 35.5. The molecule has 0 atom stereocenters. The third kappa shape index (κ3) is 3.61. The van der Waals surface area contributed by atoms with Crippen molar-refractivity contribution in [1.29, 1.82) is 5.26 Å². The van der Waals surface area contributed by atoms with E-state index in [9.17, 15) is 0 Å². The van der Waals surface area contributed by atoms with E-state index in [1.165, 1.54) is 0 Å². The average molecular weight is 369 g/mol. The van der Waals surface area contributed by atoms with E-state index < -0.39 is 0 Å². The SMILES string of the molecule is CC.N#CN1CCN(C2=Nc3ccccc3Oc3ccc(Cl)cc32)CC1. The maximum atomic E-state index is 9.05. The molecule has 0 N–H and O–H groups in total. The van der Waals surface area contributed by atoms with Crippen molar-refractivity contribution in [3.8, 4) is 17.7 Å². The minimum atomic E-state index is 0.645. The molecule has 1 saturated heterocycles. The number of aliphatic imine (C=N–C) groups is 1. The summed E-state index contributed by atoms with van der Waals surface area (Å²) in [5.41, 5.74) is 1.67. The number of hydrogen-bond donors (Lipinski definition) is 0. The minimum absolute atomic E-state index is 0.645. The molecule has 0 bridgehead atoms. The van der Waals surface area contributed by atoms with Crippen molar-refractivity contribution in [3.05, 3.63) is 53.1 Å². The Bertz CT molecular complexity index is 851. The predicted molar refractivity (Wildman–Crippen MR) is 104 cm³/mol. The Morgan fingerprint density at radius 3 is 2.50 bits per heavy atom. The number of amidine groups is 1. The zero-order valence-electron chi connectivity index (χ0n) is 14.9. The van der Waals surface area contributed by atoms with Gasteiger partial charge >= 0.3 is 0 Å². The van der Waals surface area contributed by atoms with Crippen LogP contribution in [0.15, 0.2) is 47.5 Å². The second-order valence-corrected chi connectivity index (χ2v) is 6.16. The highest BCUT2D eigenvalue weighted by Gasteiger charge is 2.25. The predicted octanol–water partition coefficient (Wildman–Crippen LogP) is 4.65. The molecule has 134 valence electrons. The van der Waals surface area contributed by atoms with Crippen LogP contribution in [0.1, 0.15) is 19.4 Å². The first-order valence-corrected chi connectivity index (χ1v) is 9.17. The Labute approximate surface area is 159 Å². The third-order valence-electron chi connectivity index (χ3n) is 4.21. The number of halogens is 1. The van der Waals surface area contributed by atoms with Crippen LogP contribution in [0.3, 0.4) is 0 Å². The smallest absolute Gasteiger partial charge is 0.179 e. The van der Waals surface area contributed by atoms with Gasteiger partial charge in [-0.1, -0.05) is 37.6 Å². The Morgan fingerprint density at radius 1 is 1.04 bits per heavy atom. The lowest BCUT2D eigenvalue weighted by Gasteiger charge is -2.34. The monoisotopic (exact) mass is 368 g/mol. The van der Waals surface area contributed by atoms with Crippen molar-refractivity contribution in [2.24, 2.45) is 4.99 Å². The first-order valence-electron chi connectivity index (χ1n) is 8.80. The second-order valence-electron chi connectivity index (χ2n) is 5.72. The molecule has 0 saturated carbocycles. The van der Waals surface area contributed by atoms with Gasteiger partial charge in [0.25, 0.3) is 0 Å². The van der Waals surface area contributed by atoms with Gasteiger partial charge in [0.2, 0.25) is 0 Å². The first-order chi connectivity index (χ1) is 12.7. The highest BCUT2D eigenvalue weighted by molar-refractivity contribution is 6.31. The molecule has 26 heavy (non-hydrogen) atoms. The van der Waals surface area contributed by atoms with Crippen molar-refractivity contribution in [2.45, 2.75) is 13.8 Å². The zero-order chi connectivity index (χ0) is 18.5. The van der Waals surface area contributed by atoms with Crippen LogP contribution in [0, 0.1) is 11.5 Å². The van der Waals surface area contributed by atoms with Gasteiger partial charge in [0, 0.05) is 31.2 Å². The molecule has 0 radical (unpaired) electrons. The van der Waals surface area contributed by atoms with Crippen molar-refractivity contribution < 1.29 is 4.74 Å². The van der Waals surface area contributed by atoms with Gasteiger partial charge in [-0.25, -0.2) is 4.99 Å². The van der Waals surface area contributed by atoms with E-state index in [0.29, 0.717) is 18.1 Å². The van der Waals surface area contributed by atoms with E-state index in [-0.39, 0.29) is 0 Å². The van der Waals surface area contributed by atoms with Crippen LogP contribution in [-0.4, -0.2) is 41.8 Å². The van der Waals surface area contributed by atoms with Crippen LogP contribution in [-0.2, 0) is 0 Å². The van der Waals surface area contributed by atoms with Gasteiger partial charge in [-0.3, -0.25) is 0 Å². The molecule has 0 unspecified atom stereocenters. The summed E-state index contributed by atoms with van der Waals surface area (Å²) in [6.45, 7) is 6.85. The molecule has 0 aromatic heterocycles. The molecule has 2 aliphatic heterocycles. The third-order valence-corrected chi connectivity index (χ3v) is 4.45. The molecule has 2 aromatic carbocycles. The first kappa shape index (κ1) is 18.1. The van der Waals surface area contributed by atoms with Crippen LogP contribution < -0.4 is 4.74 Å². The number of piperazine rings is 1. The molecule has 1 fully saturated rings. The minimum Gasteiger partial charge on any atom is -0.454 e. The molecular formula is C20H21ClN4O. The number of para-hydroxylation sites is 2. The molecule has 4 rings (SSSR count). The fraction of sp³-hybridized carbons (Fsp3) is 0.300. The van der Waals surface area contributed by atoms with Crippen LogP contribution in [0.4, 0.5) is 5.69 Å². The van der Waals surface area contributed by atoms with E-state index in [2.05, 4.69) is 11.1 Å². The molecule has 2 aromatic rings. The van der Waals surface area contributed by atoms with Crippen molar-refractivity contribution in [1.82, 2.24) is 9.80 Å². The summed E-state index contributed by atoms with van der Waals surface area (Å²) in [5.74, 6) is 2.31. The van der Waals surface area contributed by atoms with Gasteiger partial charge in [-0.05, 0) is 30.3 Å². The van der Waals surface area contributed by atoms with Gasteiger partial charge in [-0.2, -0.15) is 5.26 Å².